The van der Waals surface area contributed by atoms with Gasteiger partial charge in [-0.05, 0) is 100 Å². The first-order valence-electron chi connectivity index (χ1n) is 31.6. The van der Waals surface area contributed by atoms with Gasteiger partial charge in [0.15, 0.2) is 5.96 Å². The van der Waals surface area contributed by atoms with Gasteiger partial charge in [0, 0.05) is 32.5 Å². The van der Waals surface area contributed by atoms with Gasteiger partial charge in [-0.15, -0.1) is 0 Å². The van der Waals surface area contributed by atoms with E-state index in [1.54, 1.807) is 44.2 Å². The SMILES string of the molecule is CC(C)C[C@H](NC(=O)CNC(=O)[C@H](Cc1ccccc1)NC(=O)[C@H](CO)NC(=O)[C@H](Cc1ccc(O)cc1)NC(=O)[C@H](CC(C)C)NC(=O)[C@H](CCCN=C(N)N)NC(=O)[C@H](CO)NC(=O)[C@@H]1CCCN1C(=O)[C@H](C)NC(=O)[C@@H]1CCCN1C(=O)CNC(=O)[C@H](C)N)C(N)=O. The number of aliphatic hydroxyl groups excluding tert-OH is 2. The number of carbonyl (C=O) groups excluding carboxylic acids is 13. The third-order valence-electron chi connectivity index (χ3n) is 15.6. The molecule has 4 rings (SSSR count). The van der Waals surface area contributed by atoms with Gasteiger partial charge in [0.25, 0.3) is 0 Å². The number of nitrogens with one attached hydrogen (secondary N) is 10. The van der Waals surface area contributed by atoms with Crippen LogP contribution in [0.15, 0.2) is 59.6 Å². The van der Waals surface area contributed by atoms with Crippen molar-refractivity contribution >= 4 is 82.8 Å². The monoisotopic (exact) mass is 1330 g/mol. The van der Waals surface area contributed by atoms with Gasteiger partial charge >= 0.3 is 0 Å². The summed E-state index contributed by atoms with van der Waals surface area (Å²) in [5.41, 5.74) is 23.1. The summed E-state index contributed by atoms with van der Waals surface area (Å²) in [5, 5.41) is 56.3. The van der Waals surface area contributed by atoms with Crippen LogP contribution in [-0.4, -0.2) is 220 Å². The normalized spacial score (nSPS) is 17.2. The van der Waals surface area contributed by atoms with Crippen LogP contribution in [0.3, 0.4) is 0 Å². The van der Waals surface area contributed by atoms with Gasteiger partial charge in [0.1, 0.15) is 66.2 Å². The van der Waals surface area contributed by atoms with Crippen LogP contribution in [0.4, 0.5) is 0 Å². The quantitative estimate of drug-likeness (QED) is 0.0170. The Morgan fingerprint density at radius 2 is 0.989 bits per heavy atom. The highest BCUT2D eigenvalue weighted by atomic mass is 16.3. The molecule has 11 atom stereocenters. The van der Waals surface area contributed by atoms with Crippen LogP contribution in [0.5, 0.6) is 5.75 Å². The lowest BCUT2D eigenvalue weighted by Gasteiger charge is -2.30. The second-order valence-electron chi connectivity index (χ2n) is 24.4. The van der Waals surface area contributed by atoms with Gasteiger partial charge in [-0.3, -0.25) is 67.3 Å². The molecule has 0 bridgehead atoms. The van der Waals surface area contributed by atoms with Crippen molar-refractivity contribution in [2.45, 2.75) is 172 Å². The molecule has 2 aliphatic heterocycles. The number of aliphatic imine (C=N–C) groups is 1. The molecule has 2 saturated heterocycles. The number of phenolic OH excluding ortho intramolecular Hbond substituents is 1. The Morgan fingerprint density at radius 3 is 1.55 bits per heavy atom. The number of hydrogen-bond acceptors (Lipinski definition) is 18. The van der Waals surface area contributed by atoms with Gasteiger partial charge in [-0.1, -0.05) is 70.2 Å². The summed E-state index contributed by atoms with van der Waals surface area (Å²) >= 11 is 0. The molecule has 21 N–H and O–H groups in total. The average molecular weight is 1330 g/mol. The zero-order chi connectivity index (χ0) is 70.6. The number of nitrogens with zero attached hydrogens (tertiary/aromatic N) is 3. The summed E-state index contributed by atoms with van der Waals surface area (Å²) in [4.78, 5) is 183. The van der Waals surface area contributed by atoms with Crippen molar-refractivity contribution in [3.63, 3.8) is 0 Å². The molecule has 0 unspecified atom stereocenters. The first-order valence-corrected chi connectivity index (χ1v) is 31.6. The molecule has 0 aliphatic carbocycles. The van der Waals surface area contributed by atoms with E-state index < -0.39 is 170 Å². The Balaban J connectivity index is 1.51. The summed E-state index contributed by atoms with van der Waals surface area (Å²) in [6, 6.07) is -0.630. The molecule has 2 aromatic carbocycles. The van der Waals surface area contributed by atoms with E-state index in [4.69, 9.17) is 22.9 Å². The highest BCUT2D eigenvalue weighted by molar-refractivity contribution is 5.99. The number of aliphatic hydroxyl groups is 2. The number of phenols is 1. The Bertz CT molecular complexity index is 3020. The second-order valence-corrected chi connectivity index (χ2v) is 24.4. The molecule has 2 aliphatic rings. The van der Waals surface area contributed by atoms with E-state index in [9.17, 15) is 77.6 Å². The number of likely N-dealkylation sites (tertiary alicyclic amines) is 2. The smallest absolute Gasteiger partial charge is 0.245 e. The number of amides is 13. The maximum absolute atomic E-state index is 14.6. The number of rotatable bonds is 37. The highest BCUT2D eigenvalue weighted by Gasteiger charge is 2.41. The van der Waals surface area contributed by atoms with Crippen LogP contribution in [0.1, 0.15) is 104 Å². The Morgan fingerprint density at radius 1 is 0.526 bits per heavy atom. The molecule has 33 nitrogen and oxygen atoms in total. The molecular weight excluding hydrogens is 1240 g/mol. The van der Waals surface area contributed by atoms with Gasteiger partial charge in [-0.25, -0.2) is 0 Å². The van der Waals surface area contributed by atoms with Gasteiger partial charge in [-0.2, -0.15) is 0 Å². The minimum absolute atomic E-state index is 0.0149. The maximum atomic E-state index is 14.6. The van der Waals surface area contributed by atoms with Crippen LogP contribution in [0, 0.1) is 11.8 Å². The number of hydrogen-bond donors (Lipinski definition) is 17. The molecule has 13 amide bonds. The molecule has 2 fully saturated rings. The molecule has 33 heteroatoms. The zero-order valence-electron chi connectivity index (χ0n) is 54.5. The molecule has 0 spiro atoms. The summed E-state index contributed by atoms with van der Waals surface area (Å²) < 4.78 is 0. The Kier molecular flexibility index (Phi) is 31.7. The van der Waals surface area contributed by atoms with Crippen LogP contribution >= 0.6 is 0 Å². The lowest BCUT2D eigenvalue weighted by molar-refractivity contribution is -0.143. The summed E-state index contributed by atoms with van der Waals surface area (Å²) in [7, 11) is 0. The van der Waals surface area contributed by atoms with Crippen molar-refractivity contribution in [2.75, 3.05) is 45.9 Å². The first kappa shape index (κ1) is 77.9. The number of benzene rings is 2. The maximum Gasteiger partial charge on any atom is 0.245 e. The van der Waals surface area contributed by atoms with E-state index in [0.717, 1.165) is 0 Å². The largest absolute Gasteiger partial charge is 0.508 e. The van der Waals surface area contributed by atoms with E-state index in [0.29, 0.717) is 24.0 Å². The Labute approximate surface area is 550 Å². The third kappa shape index (κ3) is 25.7. The minimum atomic E-state index is -1.77. The third-order valence-corrected chi connectivity index (χ3v) is 15.6. The van der Waals surface area contributed by atoms with E-state index >= 15 is 0 Å². The summed E-state index contributed by atoms with van der Waals surface area (Å²) in [6.45, 7) is 7.20. The molecule has 0 aromatic heterocycles. The number of aromatic hydroxyl groups is 1. The minimum Gasteiger partial charge on any atom is -0.508 e. The van der Waals surface area contributed by atoms with E-state index in [1.165, 1.54) is 47.9 Å². The first-order chi connectivity index (χ1) is 44.9. The Hall–Kier alpha value is -9.50. The number of guanidine groups is 1. The lowest BCUT2D eigenvalue weighted by Crippen LogP contribution is -2.61. The molecule has 2 aromatic rings. The molecule has 0 radical (unpaired) electrons. The van der Waals surface area contributed by atoms with Crippen molar-refractivity contribution in [1.82, 2.24) is 63.0 Å². The van der Waals surface area contributed by atoms with Crippen molar-refractivity contribution in [2.24, 2.45) is 39.8 Å². The number of carbonyl (C=O) groups is 13. The second kappa shape index (κ2) is 38.6. The van der Waals surface area contributed by atoms with Gasteiger partial charge in [0.2, 0.25) is 76.8 Å². The fourth-order valence-electron chi connectivity index (χ4n) is 10.6. The molecule has 2 heterocycles. The molecule has 0 saturated carbocycles. The van der Waals surface area contributed by atoms with Crippen molar-refractivity contribution in [3.8, 4) is 5.75 Å². The standard InChI is InChI=1S/C62H95N17O16/c1-33(2)25-41(51(64)85)71-49(83)29-68-53(87)43(27-37-13-8-7-9-14-37)74-58(92)45(31-80)76-56(90)44(28-38-18-20-39(82)21-19-38)75-55(89)42(26-34(3)4)73-54(88)40(15-10-22-67-62(65)66)72-57(91)46(32-81)77-60(94)48-17-12-24-79(48)61(95)36(6)70-59(93)47-16-11-23-78(47)50(84)30-69-52(86)35(5)63/h7-9,13-14,18-21,33-36,40-48,80-82H,10-12,15-17,22-32,63H2,1-6H3,(H2,64,85)(H,68,87)(H,69,86)(H,70,93)(H,71,83)(H,72,91)(H,73,88)(H,74,92)(H,75,89)(H,76,90)(H,77,94)(H4,65,66,67)/t35-,36-,40-,41-,42-,43-,44-,45-,46-,47-,48-/m0/s1. The predicted molar refractivity (Wildman–Crippen MR) is 344 cm³/mol. The number of nitrogens with two attached hydrogens (primary N) is 4. The van der Waals surface area contributed by atoms with Crippen molar-refractivity contribution < 1.29 is 77.6 Å². The molecule has 524 valence electrons. The van der Waals surface area contributed by atoms with Crippen LogP contribution in [0.2, 0.25) is 0 Å². The zero-order valence-corrected chi connectivity index (χ0v) is 54.5. The van der Waals surface area contributed by atoms with Crippen molar-refractivity contribution in [1.29, 1.82) is 0 Å². The fraction of sp³-hybridized carbons (Fsp3) is 0.581. The molecular formula is C62H95N17O16. The van der Waals surface area contributed by atoms with Crippen LogP contribution in [0.25, 0.3) is 0 Å². The van der Waals surface area contributed by atoms with Gasteiger partial charge in [0.05, 0.1) is 32.3 Å². The highest BCUT2D eigenvalue weighted by Crippen LogP contribution is 2.22. The predicted octanol–water partition coefficient (Wildman–Crippen LogP) is -5.75. The van der Waals surface area contributed by atoms with Crippen LogP contribution in [-0.2, 0) is 75.2 Å². The van der Waals surface area contributed by atoms with Gasteiger partial charge < -0.3 is 101 Å². The lowest BCUT2D eigenvalue weighted by atomic mass is 10.00. The van der Waals surface area contributed by atoms with E-state index in [2.05, 4.69) is 58.2 Å². The fourth-order valence-corrected chi connectivity index (χ4v) is 10.6. The van der Waals surface area contributed by atoms with E-state index in [-0.39, 0.29) is 94.5 Å². The van der Waals surface area contributed by atoms with E-state index in [1.807, 2.05) is 13.8 Å². The average Bonchev–Trinajstić information content (AvgIpc) is 1.82. The topological polar surface area (TPSA) is 526 Å². The van der Waals surface area contributed by atoms with Crippen LogP contribution < -0.4 is 76.1 Å². The summed E-state index contributed by atoms with van der Waals surface area (Å²) in [5.74, 6) is -11.4. The summed E-state index contributed by atoms with van der Waals surface area (Å²) in [6.07, 6.45) is 0.846. The molecule has 95 heavy (non-hydrogen) atoms. The number of primary amides is 1. The van der Waals surface area contributed by atoms with Crippen molar-refractivity contribution in [3.05, 3.63) is 65.7 Å².